The van der Waals surface area contributed by atoms with Gasteiger partial charge in [0, 0.05) is 32.9 Å². The van der Waals surface area contributed by atoms with Crippen LogP contribution < -0.4 is 0 Å². The SMILES string of the molecule is CC1(C)c2cccc3c4ccccc4c4cccc5c4c4c(c1ccc4n5-c1ccccc1-c1nc(-c4ccccc4)nc(-c4ccccc4)n1)c23. The van der Waals surface area contributed by atoms with Gasteiger partial charge in [-0.3, -0.25) is 0 Å². The number of hydrogen-bond donors (Lipinski definition) is 0. The molecule has 2 heterocycles. The average Bonchev–Trinajstić information content (AvgIpc) is 3.66. The lowest BCUT2D eigenvalue weighted by Crippen LogP contribution is -2.15. The average molecular weight is 665 g/mol. The third-order valence-electron chi connectivity index (χ3n) is 11.2. The zero-order chi connectivity index (χ0) is 34.6. The molecular weight excluding hydrogens is 633 g/mol. The normalized spacial score (nSPS) is 13.3. The molecule has 244 valence electrons. The Morgan fingerprint density at radius 1 is 0.385 bits per heavy atom. The van der Waals surface area contributed by atoms with E-state index in [9.17, 15) is 0 Å². The van der Waals surface area contributed by atoms with Crippen LogP contribution in [0.5, 0.6) is 0 Å². The monoisotopic (exact) mass is 664 g/mol. The standard InChI is InChI=1S/C48H32N4/c1-48(2)36-24-13-22-33-31-19-9-10-20-32(31)34-23-14-26-39-42(34)44-40(28-27-37(48)43(44)41(33)36)52(39)38-25-12-11-21-35(38)47-50-45(29-15-5-3-6-16-29)49-46(51-47)30-17-7-4-8-18-30/h3-28H,1-2H3. The van der Waals surface area contributed by atoms with E-state index in [1.807, 2.05) is 36.4 Å². The minimum atomic E-state index is -0.137. The molecule has 1 aliphatic rings. The van der Waals surface area contributed by atoms with Crippen molar-refractivity contribution in [2.24, 2.45) is 0 Å². The second kappa shape index (κ2) is 10.7. The highest BCUT2D eigenvalue weighted by atomic mass is 15.1. The molecule has 0 saturated carbocycles. The Labute approximate surface area is 300 Å². The Kier molecular flexibility index (Phi) is 5.98. The van der Waals surface area contributed by atoms with Crippen molar-refractivity contribution in [2.75, 3.05) is 0 Å². The van der Waals surface area contributed by atoms with Crippen LogP contribution in [0.1, 0.15) is 25.0 Å². The van der Waals surface area contributed by atoms with E-state index in [4.69, 9.17) is 15.0 Å². The van der Waals surface area contributed by atoms with Gasteiger partial charge >= 0.3 is 0 Å². The molecule has 0 amide bonds. The van der Waals surface area contributed by atoms with Gasteiger partial charge in [-0.1, -0.05) is 147 Å². The van der Waals surface area contributed by atoms with Crippen molar-refractivity contribution in [3.05, 3.63) is 169 Å². The molecule has 0 radical (unpaired) electrons. The van der Waals surface area contributed by atoms with Crippen LogP contribution >= 0.6 is 0 Å². The summed E-state index contributed by atoms with van der Waals surface area (Å²) in [5.41, 5.74) is 8.84. The summed E-state index contributed by atoms with van der Waals surface area (Å²) < 4.78 is 2.44. The molecule has 11 rings (SSSR count). The topological polar surface area (TPSA) is 43.6 Å². The van der Waals surface area contributed by atoms with Crippen LogP contribution in [0.25, 0.3) is 94.0 Å². The van der Waals surface area contributed by atoms with Crippen molar-refractivity contribution in [1.29, 1.82) is 0 Å². The van der Waals surface area contributed by atoms with Gasteiger partial charge in [0.25, 0.3) is 0 Å². The van der Waals surface area contributed by atoms with E-state index >= 15 is 0 Å². The smallest absolute Gasteiger partial charge is 0.166 e. The summed E-state index contributed by atoms with van der Waals surface area (Å²) in [4.78, 5) is 15.3. The summed E-state index contributed by atoms with van der Waals surface area (Å²) in [7, 11) is 0. The van der Waals surface area contributed by atoms with Gasteiger partial charge in [-0.25, -0.2) is 15.0 Å². The molecule has 4 heteroatoms. The minimum Gasteiger partial charge on any atom is -0.308 e. The highest BCUT2D eigenvalue weighted by Crippen LogP contribution is 2.53. The van der Waals surface area contributed by atoms with Gasteiger partial charge in [-0.15, -0.1) is 0 Å². The van der Waals surface area contributed by atoms with E-state index in [0.717, 1.165) is 27.9 Å². The molecule has 0 fully saturated rings. The number of rotatable bonds is 4. The number of fused-ring (bicyclic) bond motifs is 3. The van der Waals surface area contributed by atoms with Crippen molar-refractivity contribution >= 4 is 54.1 Å². The van der Waals surface area contributed by atoms with E-state index in [1.165, 1.54) is 59.7 Å². The first-order chi connectivity index (χ1) is 25.6. The quantitative estimate of drug-likeness (QED) is 0.188. The molecule has 0 saturated heterocycles. The third kappa shape index (κ3) is 3.95. The lowest BCUT2D eigenvalue weighted by Gasteiger charge is -2.22. The van der Waals surface area contributed by atoms with E-state index in [0.29, 0.717) is 17.5 Å². The van der Waals surface area contributed by atoms with Crippen LogP contribution in [0.4, 0.5) is 0 Å². The van der Waals surface area contributed by atoms with Crippen LogP contribution in [-0.4, -0.2) is 19.5 Å². The lowest BCUT2D eigenvalue weighted by atomic mass is 9.81. The molecule has 0 N–H and O–H groups in total. The van der Waals surface area contributed by atoms with Gasteiger partial charge in [-0.2, -0.15) is 0 Å². The van der Waals surface area contributed by atoms with Crippen molar-refractivity contribution in [2.45, 2.75) is 19.3 Å². The summed E-state index contributed by atoms with van der Waals surface area (Å²) in [6, 6.07) is 56.2. The first-order valence-electron chi connectivity index (χ1n) is 17.9. The summed E-state index contributed by atoms with van der Waals surface area (Å²) in [6.07, 6.45) is 0. The van der Waals surface area contributed by atoms with E-state index < -0.39 is 0 Å². The second-order valence-corrected chi connectivity index (χ2v) is 14.4. The zero-order valence-electron chi connectivity index (χ0n) is 28.8. The maximum absolute atomic E-state index is 5.17. The van der Waals surface area contributed by atoms with Crippen LogP contribution in [-0.2, 0) is 5.41 Å². The molecule has 2 aromatic heterocycles. The number of hydrogen-bond acceptors (Lipinski definition) is 3. The van der Waals surface area contributed by atoms with Gasteiger partial charge < -0.3 is 4.57 Å². The fourth-order valence-corrected chi connectivity index (χ4v) is 8.87. The molecule has 4 nitrogen and oxygen atoms in total. The third-order valence-corrected chi connectivity index (χ3v) is 11.2. The highest BCUT2D eigenvalue weighted by molar-refractivity contribution is 6.35. The van der Waals surface area contributed by atoms with Crippen LogP contribution in [0.2, 0.25) is 0 Å². The van der Waals surface area contributed by atoms with Crippen molar-refractivity contribution < 1.29 is 0 Å². The zero-order valence-corrected chi connectivity index (χ0v) is 28.8. The lowest BCUT2D eigenvalue weighted by molar-refractivity contribution is 0.663. The van der Waals surface area contributed by atoms with Gasteiger partial charge in [0.2, 0.25) is 0 Å². The Balaban J connectivity index is 1.29. The van der Waals surface area contributed by atoms with Crippen LogP contribution in [0.3, 0.4) is 0 Å². The molecule has 10 aromatic rings. The number of nitrogens with zero attached hydrogens (tertiary/aromatic N) is 4. The molecule has 0 aliphatic heterocycles. The molecule has 8 aromatic carbocycles. The Hall–Kier alpha value is -6.65. The summed E-state index contributed by atoms with van der Waals surface area (Å²) >= 11 is 0. The summed E-state index contributed by atoms with van der Waals surface area (Å²) in [5, 5.41) is 10.4. The summed E-state index contributed by atoms with van der Waals surface area (Å²) in [5.74, 6) is 1.94. The summed E-state index contributed by atoms with van der Waals surface area (Å²) in [6.45, 7) is 4.75. The van der Waals surface area contributed by atoms with Crippen LogP contribution in [0, 0.1) is 0 Å². The van der Waals surface area contributed by atoms with Gasteiger partial charge in [0.15, 0.2) is 17.5 Å². The van der Waals surface area contributed by atoms with Crippen molar-refractivity contribution in [3.8, 4) is 39.9 Å². The van der Waals surface area contributed by atoms with Gasteiger partial charge in [0.1, 0.15) is 0 Å². The molecular formula is C48H32N4. The highest BCUT2D eigenvalue weighted by Gasteiger charge is 2.35. The minimum absolute atomic E-state index is 0.137. The largest absolute Gasteiger partial charge is 0.308 e. The van der Waals surface area contributed by atoms with Gasteiger partial charge in [-0.05, 0) is 67.7 Å². The maximum atomic E-state index is 5.17. The van der Waals surface area contributed by atoms with E-state index in [-0.39, 0.29) is 5.41 Å². The molecule has 0 unspecified atom stereocenters. The Morgan fingerprint density at radius 3 is 1.60 bits per heavy atom. The molecule has 0 bridgehead atoms. The first kappa shape index (κ1) is 29.1. The van der Waals surface area contributed by atoms with Crippen LogP contribution in [0.15, 0.2) is 158 Å². The maximum Gasteiger partial charge on any atom is 0.166 e. The second-order valence-electron chi connectivity index (χ2n) is 14.4. The number of aromatic nitrogens is 4. The molecule has 0 atom stereocenters. The predicted molar refractivity (Wildman–Crippen MR) is 215 cm³/mol. The number of para-hydroxylation sites is 1. The predicted octanol–water partition coefficient (Wildman–Crippen LogP) is 12.1. The fraction of sp³-hybridized carbons (Fsp3) is 0.0625. The molecule has 1 aliphatic carbocycles. The van der Waals surface area contributed by atoms with Crippen molar-refractivity contribution in [1.82, 2.24) is 19.5 Å². The first-order valence-corrected chi connectivity index (χ1v) is 17.9. The van der Waals surface area contributed by atoms with Crippen molar-refractivity contribution in [3.63, 3.8) is 0 Å². The Bertz CT molecular complexity index is 3030. The van der Waals surface area contributed by atoms with E-state index in [1.54, 1.807) is 0 Å². The molecule has 0 spiro atoms. The van der Waals surface area contributed by atoms with Gasteiger partial charge in [0.05, 0.1) is 16.7 Å². The number of benzene rings is 7. The Morgan fingerprint density at radius 2 is 0.904 bits per heavy atom. The van der Waals surface area contributed by atoms with E-state index in [2.05, 4.69) is 140 Å². The fourth-order valence-electron chi connectivity index (χ4n) is 8.87. The molecule has 52 heavy (non-hydrogen) atoms.